The van der Waals surface area contributed by atoms with Crippen LogP contribution in [0.2, 0.25) is 5.02 Å². The Morgan fingerprint density at radius 3 is 2.09 bits per heavy atom. The summed E-state index contributed by atoms with van der Waals surface area (Å²) in [6, 6.07) is 14.4. The average molecular weight is 482 g/mol. The van der Waals surface area contributed by atoms with Crippen molar-refractivity contribution in [3.05, 3.63) is 53.6 Å². The summed E-state index contributed by atoms with van der Waals surface area (Å²) in [7, 11) is 0. The maximum absolute atomic E-state index is 12.6. The molecule has 0 spiro atoms. The Morgan fingerprint density at radius 1 is 0.938 bits per heavy atom. The highest BCUT2D eigenvalue weighted by atomic mass is 35.5. The van der Waals surface area contributed by atoms with Gasteiger partial charge in [0.25, 0.3) is 6.10 Å². The van der Waals surface area contributed by atoms with Crippen LogP contribution in [0.5, 0.6) is 5.75 Å². The van der Waals surface area contributed by atoms with Crippen molar-refractivity contribution in [2.75, 3.05) is 13.1 Å². The van der Waals surface area contributed by atoms with Gasteiger partial charge in [0.1, 0.15) is 11.9 Å². The summed E-state index contributed by atoms with van der Waals surface area (Å²) in [5, 5.41) is 0.600. The number of ether oxygens (including phenoxy) is 2. The van der Waals surface area contributed by atoms with E-state index in [0.717, 1.165) is 16.0 Å². The number of halogens is 7. The van der Waals surface area contributed by atoms with Gasteiger partial charge in [-0.1, -0.05) is 35.9 Å². The van der Waals surface area contributed by atoms with Crippen molar-refractivity contribution in [1.29, 1.82) is 0 Å². The van der Waals surface area contributed by atoms with Crippen LogP contribution in [-0.2, 0) is 4.74 Å². The zero-order valence-electron chi connectivity index (χ0n) is 16.4. The van der Waals surface area contributed by atoms with E-state index in [2.05, 4.69) is 4.74 Å². The predicted octanol–water partition coefficient (Wildman–Crippen LogP) is 6.48. The highest BCUT2D eigenvalue weighted by Crippen LogP contribution is 2.36. The number of carbonyl (C=O) groups is 1. The van der Waals surface area contributed by atoms with Crippen LogP contribution in [0.15, 0.2) is 48.5 Å². The van der Waals surface area contributed by atoms with E-state index in [9.17, 15) is 31.1 Å². The number of benzene rings is 2. The van der Waals surface area contributed by atoms with Crippen LogP contribution < -0.4 is 4.74 Å². The van der Waals surface area contributed by atoms with Crippen LogP contribution in [0.3, 0.4) is 0 Å². The van der Waals surface area contributed by atoms with Crippen LogP contribution in [0.1, 0.15) is 12.8 Å². The lowest BCUT2D eigenvalue weighted by Crippen LogP contribution is -2.50. The maximum Gasteiger partial charge on any atom is 0.434 e. The van der Waals surface area contributed by atoms with E-state index in [-0.39, 0.29) is 32.0 Å². The third kappa shape index (κ3) is 6.21. The van der Waals surface area contributed by atoms with Crippen LogP contribution in [0.4, 0.5) is 31.1 Å². The molecular weight excluding hydrogens is 464 g/mol. The number of amides is 1. The summed E-state index contributed by atoms with van der Waals surface area (Å²) < 4.78 is 85.1. The summed E-state index contributed by atoms with van der Waals surface area (Å²) in [6.07, 6.45) is -17.2. The van der Waals surface area contributed by atoms with Crippen molar-refractivity contribution >= 4 is 17.7 Å². The van der Waals surface area contributed by atoms with E-state index < -0.39 is 24.5 Å². The SMILES string of the molecule is O=C(OC(C(F)(F)F)C(F)(F)F)N1CCC(Oc2cccc(-c3ccc(Cl)cc3)c2)CC1. The van der Waals surface area contributed by atoms with Crippen LogP contribution in [0, 0.1) is 0 Å². The summed E-state index contributed by atoms with van der Waals surface area (Å²) in [5.41, 5.74) is 1.80. The molecule has 1 aliphatic rings. The third-order valence-corrected chi connectivity index (χ3v) is 5.08. The first kappa shape index (κ1) is 24.0. The van der Waals surface area contributed by atoms with Crippen molar-refractivity contribution in [3.63, 3.8) is 0 Å². The van der Waals surface area contributed by atoms with Crippen molar-refractivity contribution < 1.29 is 40.6 Å². The number of likely N-dealkylation sites (tertiary alicyclic amines) is 1. The molecule has 1 heterocycles. The summed E-state index contributed by atoms with van der Waals surface area (Å²) in [4.78, 5) is 12.7. The largest absolute Gasteiger partial charge is 0.490 e. The Hall–Kier alpha value is -2.62. The molecule has 4 nitrogen and oxygen atoms in total. The molecule has 1 saturated heterocycles. The highest BCUT2D eigenvalue weighted by molar-refractivity contribution is 6.30. The third-order valence-electron chi connectivity index (χ3n) is 4.83. The Balaban J connectivity index is 1.56. The van der Waals surface area contributed by atoms with E-state index >= 15 is 0 Å². The van der Waals surface area contributed by atoms with Gasteiger partial charge in [0.05, 0.1) is 0 Å². The molecule has 174 valence electrons. The Bertz CT molecular complexity index is 910. The van der Waals surface area contributed by atoms with E-state index in [4.69, 9.17) is 16.3 Å². The van der Waals surface area contributed by atoms with Crippen molar-refractivity contribution in [2.24, 2.45) is 0 Å². The lowest BCUT2D eigenvalue weighted by Gasteiger charge is -2.33. The van der Waals surface area contributed by atoms with Gasteiger partial charge in [0.2, 0.25) is 0 Å². The molecule has 1 amide bonds. The monoisotopic (exact) mass is 481 g/mol. The number of hydrogen-bond acceptors (Lipinski definition) is 3. The molecule has 0 atom stereocenters. The highest BCUT2D eigenvalue weighted by Gasteiger charge is 2.60. The van der Waals surface area contributed by atoms with Gasteiger partial charge in [-0.25, -0.2) is 4.79 Å². The Labute approximate surface area is 184 Å². The van der Waals surface area contributed by atoms with Crippen LogP contribution >= 0.6 is 11.6 Å². The number of carbonyl (C=O) groups excluding carboxylic acids is 1. The van der Waals surface area contributed by atoms with Crippen molar-refractivity contribution in [3.8, 4) is 16.9 Å². The Kier molecular flexibility index (Phi) is 7.12. The first-order chi connectivity index (χ1) is 14.9. The van der Waals surface area contributed by atoms with E-state index in [1.807, 2.05) is 18.2 Å². The topological polar surface area (TPSA) is 38.8 Å². The molecule has 0 N–H and O–H groups in total. The number of rotatable bonds is 4. The molecule has 11 heteroatoms. The molecule has 0 radical (unpaired) electrons. The number of hydrogen-bond donors (Lipinski definition) is 0. The predicted molar refractivity (Wildman–Crippen MR) is 104 cm³/mol. The zero-order chi connectivity index (χ0) is 23.5. The van der Waals surface area contributed by atoms with E-state index in [0.29, 0.717) is 10.8 Å². The molecule has 32 heavy (non-hydrogen) atoms. The smallest absolute Gasteiger partial charge is 0.434 e. The minimum absolute atomic E-state index is 0.0944. The summed E-state index contributed by atoms with van der Waals surface area (Å²) in [5.74, 6) is 0.549. The molecule has 2 aromatic rings. The lowest BCUT2D eigenvalue weighted by molar-refractivity contribution is -0.308. The van der Waals surface area contributed by atoms with Gasteiger partial charge in [-0.05, 0) is 35.4 Å². The minimum Gasteiger partial charge on any atom is -0.490 e. The second kappa shape index (κ2) is 9.48. The van der Waals surface area contributed by atoms with Gasteiger partial charge in [0.15, 0.2) is 0 Å². The molecule has 0 aromatic heterocycles. The maximum atomic E-state index is 12.6. The molecule has 2 aromatic carbocycles. The molecule has 1 aliphatic heterocycles. The fourth-order valence-electron chi connectivity index (χ4n) is 3.23. The summed E-state index contributed by atoms with van der Waals surface area (Å²) in [6.45, 7) is -0.189. The fraction of sp³-hybridized carbons (Fsp3) is 0.381. The van der Waals surface area contributed by atoms with Crippen molar-refractivity contribution in [2.45, 2.75) is 37.4 Å². The zero-order valence-corrected chi connectivity index (χ0v) is 17.2. The number of alkyl halides is 6. The molecule has 3 rings (SSSR count). The van der Waals surface area contributed by atoms with Crippen LogP contribution in [-0.4, -0.2) is 48.6 Å². The van der Waals surface area contributed by atoms with Gasteiger partial charge in [-0.2, -0.15) is 26.3 Å². The fourth-order valence-corrected chi connectivity index (χ4v) is 3.36. The molecule has 0 aliphatic carbocycles. The Morgan fingerprint density at radius 2 is 1.53 bits per heavy atom. The van der Waals surface area contributed by atoms with Gasteiger partial charge in [-0.3, -0.25) is 0 Å². The molecular formula is C21H18ClF6NO3. The van der Waals surface area contributed by atoms with E-state index in [1.165, 1.54) is 0 Å². The standard InChI is InChI=1S/C21H18ClF6NO3/c22-15-6-4-13(5-7-15)14-2-1-3-17(12-14)31-16-8-10-29(11-9-16)19(30)32-18(20(23,24)25)21(26,27)28/h1-7,12,16,18H,8-11H2. The van der Waals surface area contributed by atoms with Crippen molar-refractivity contribution in [1.82, 2.24) is 4.90 Å². The lowest BCUT2D eigenvalue weighted by atomic mass is 10.1. The quantitative estimate of drug-likeness (QED) is 0.469. The normalized spacial score (nSPS) is 15.7. The summed E-state index contributed by atoms with van der Waals surface area (Å²) >= 11 is 5.89. The second-order valence-electron chi connectivity index (χ2n) is 7.19. The molecule has 0 saturated carbocycles. The van der Waals surface area contributed by atoms with Gasteiger partial charge in [0, 0.05) is 31.0 Å². The van der Waals surface area contributed by atoms with Gasteiger partial charge in [-0.15, -0.1) is 0 Å². The van der Waals surface area contributed by atoms with E-state index in [1.54, 1.807) is 30.3 Å². The number of piperidine rings is 1. The van der Waals surface area contributed by atoms with Gasteiger partial charge < -0.3 is 14.4 Å². The molecule has 1 fully saturated rings. The average Bonchev–Trinajstić information content (AvgIpc) is 2.71. The first-order valence-electron chi connectivity index (χ1n) is 9.55. The second-order valence-corrected chi connectivity index (χ2v) is 7.62. The molecule has 0 bridgehead atoms. The molecule has 0 unspecified atom stereocenters. The first-order valence-corrected chi connectivity index (χ1v) is 9.93. The minimum atomic E-state index is -5.75. The number of nitrogens with zero attached hydrogens (tertiary/aromatic N) is 1. The van der Waals surface area contributed by atoms with Crippen LogP contribution in [0.25, 0.3) is 11.1 Å². The van der Waals surface area contributed by atoms with Gasteiger partial charge >= 0.3 is 18.4 Å².